The SMILES string of the molecule is Cn1cc(C(N)C(=O)Nc2ccc(Cl)c(C(N)=O)c2)cn1. The van der Waals surface area contributed by atoms with Crippen molar-refractivity contribution in [2.24, 2.45) is 18.5 Å². The van der Waals surface area contributed by atoms with Gasteiger partial charge in [0.25, 0.3) is 0 Å². The number of nitrogens with one attached hydrogen (secondary N) is 1. The molecular weight excluding hydrogens is 294 g/mol. The number of carbonyl (C=O) groups is 2. The second-order valence-corrected chi connectivity index (χ2v) is 4.88. The van der Waals surface area contributed by atoms with E-state index in [4.69, 9.17) is 23.1 Å². The molecule has 0 aliphatic carbocycles. The Balaban J connectivity index is 2.16. The molecule has 1 unspecified atom stereocenters. The highest BCUT2D eigenvalue weighted by Crippen LogP contribution is 2.21. The van der Waals surface area contributed by atoms with E-state index in [1.807, 2.05) is 0 Å². The fourth-order valence-corrected chi connectivity index (χ4v) is 1.97. The number of hydrogen-bond donors (Lipinski definition) is 3. The molecule has 2 amide bonds. The van der Waals surface area contributed by atoms with Crippen molar-refractivity contribution in [2.75, 3.05) is 5.32 Å². The lowest BCUT2D eigenvalue weighted by Gasteiger charge is -2.11. The van der Waals surface area contributed by atoms with Crippen LogP contribution in [0.1, 0.15) is 22.0 Å². The highest BCUT2D eigenvalue weighted by atomic mass is 35.5. The van der Waals surface area contributed by atoms with Gasteiger partial charge >= 0.3 is 0 Å². The van der Waals surface area contributed by atoms with Crippen LogP contribution < -0.4 is 16.8 Å². The summed E-state index contributed by atoms with van der Waals surface area (Å²) in [6.07, 6.45) is 3.17. The molecule has 2 rings (SSSR count). The predicted molar refractivity (Wildman–Crippen MR) is 78.7 cm³/mol. The monoisotopic (exact) mass is 307 g/mol. The van der Waals surface area contributed by atoms with Gasteiger partial charge < -0.3 is 16.8 Å². The number of aromatic nitrogens is 2. The van der Waals surface area contributed by atoms with Crippen molar-refractivity contribution in [3.63, 3.8) is 0 Å². The summed E-state index contributed by atoms with van der Waals surface area (Å²) in [6.45, 7) is 0. The molecule has 0 fully saturated rings. The zero-order valence-corrected chi connectivity index (χ0v) is 12.0. The molecule has 110 valence electrons. The zero-order chi connectivity index (χ0) is 15.6. The standard InChI is InChI=1S/C13H14ClN5O2/c1-19-6-7(5-17-19)11(15)13(21)18-8-2-3-10(14)9(4-8)12(16)20/h2-6,11H,15H2,1H3,(H2,16,20)(H,18,21). The summed E-state index contributed by atoms with van der Waals surface area (Å²) in [5.41, 5.74) is 12.1. The number of benzene rings is 1. The maximum atomic E-state index is 12.1. The maximum Gasteiger partial charge on any atom is 0.250 e. The molecule has 0 bridgehead atoms. The van der Waals surface area contributed by atoms with Crippen LogP contribution >= 0.6 is 11.6 Å². The van der Waals surface area contributed by atoms with Crippen LogP contribution in [0.3, 0.4) is 0 Å². The Morgan fingerprint density at radius 2 is 2.14 bits per heavy atom. The van der Waals surface area contributed by atoms with Gasteiger partial charge in [0.2, 0.25) is 11.8 Å². The van der Waals surface area contributed by atoms with Gasteiger partial charge in [-0.2, -0.15) is 5.10 Å². The topological polar surface area (TPSA) is 116 Å². The van der Waals surface area contributed by atoms with Crippen molar-refractivity contribution >= 4 is 29.1 Å². The summed E-state index contributed by atoms with van der Waals surface area (Å²) >= 11 is 5.84. The van der Waals surface area contributed by atoms with Crippen molar-refractivity contribution in [1.82, 2.24) is 9.78 Å². The Bertz CT molecular complexity index is 698. The first-order valence-electron chi connectivity index (χ1n) is 6.03. The molecule has 8 heteroatoms. The molecular formula is C13H14ClN5O2. The maximum absolute atomic E-state index is 12.1. The van der Waals surface area contributed by atoms with Gasteiger partial charge in [0.05, 0.1) is 16.8 Å². The van der Waals surface area contributed by atoms with Crippen LogP contribution in [0.4, 0.5) is 5.69 Å². The summed E-state index contributed by atoms with van der Waals surface area (Å²) in [5, 5.41) is 6.78. The number of rotatable bonds is 4. The summed E-state index contributed by atoms with van der Waals surface area (Å²) < 4.78 is 1.55. The van der Waals surface area contributed by atoms with Crippen LogP contribution in [-0.2, 0) is 11.8 Å². The van der Waals surface area contributed by atoms with Gasteiger partial charge in [0.1, 0.15) is 6.04 Å². The van der Waals surface area contributed by atoms with Gasteiger partial charge in [0.15, 0.2) is 0 Å². The second-order valence-electron chi connectivity index (χ2n) is 4.47. The van der Waals surface area contributed by atoms with Gasteiger partial charge in [-0.05, 0) is 18.2 Å². The van der Waals surface area contributed by atoms with Crippen LogP contribution in [-0.4, -0.2) is 21.6 Å². The van der Waals surface area contributed by atoms with Crippen LogP contribution in [0, 0.1) is 0 Å². The number of anilines is 1. The average molecular weight is 308 g/mol. The number of halogens is 1. The Morgan fingerprint density at radius 3 is 2.71 bits per heavy atom. The van der Waals surface area contributed by atoms with Crippen molar-refractivity contribution in [3.8, 4) is 0 Å². The van der Waals surface area contributed by atoms with Crippen LogP contribution in [0.5, 0.6) is 0 Å². The summed E-state index contributed by atoms with van der Waals surface area (Å²) in [7, 11) is 1.73. The molecule has 5 N–H and O–H groups in total. The number of nitrogens with zero attached hydrogens (tertiary/aromatic N) is 2. The molecule has 2 aromatic rings. The lowest BCUT2D eigenvalue weighted by Crippen LogP contribution is -2.27. The highest BCUT2D eigenvalue weighted by molar-refractivity contribution is 6.34. The van der Waals surface area contributed by atoms with Crippen molar-refractivity contribution in [2.45, 2.75) is 6.04 Å². The first kappa shape index (κ1) is 15.0. The lowest BCUT2D eigenvalue weighted by atomic mass is 10.1. The van der Waals surface area contributed by atoms with Gasteiger partial charge in [-0.25, -0.2) is 0 Å². The van der Waals surface area contributed by atoms with Crippen molar-refractivity contribution in [1.29, 1.82) is 0 Å². The molecule has 0 spiro atoms. The van der Waals surface area contributed by atoms with E-state index in [1.54, 1.807) is 24.0 Å². The Hall–Kier alpha value is -2.38. The Morgan fingerprint density at radius 1 is 1.43 bits per heavy atom. The molecule has 1 heterocycles. The van der Waals surface area contributed by atoms with E-state index in [2.05, 4.69) is 10.4 Å². The van der Waals surface area contributed by atoms with Crippen LogP contribution in [0.2, 0.25) is 5.02 Å². The number of nitrogens with two attached hydrogens (primary N) is 2. The number of carbonyl (C=O) groups excluding carboxylic acids is 2. The third kappa shape index (κ3) is 3.39. The van der Waals surface area contributed by atoms with Gasteiger partial charge in [-0.15, -0.1) is 0 Å². The quantitative estimate of drug-likeness (QED) is 0.775. The van der Waals surface area contributed by atoms with E-state index >= 15 is 0 Å². The molecule has 0 saturated carbocycles. The minimum absolute atomic E-state index is 0.129. The molecule has 0 aliphatic heterocycles. The Kier molecular flexibility index (Phi) is 4.25. The molecule has 0 aliphatic rings. The molecule has 21 heavy (non-hydrogen) atoms. The largest absolute Gasteiger partial charge is 0.366 e. The molecule has 0 saturated heterocycles. The second kappa shape index (κ2) is 5.94. The predicted octanol–water partition coefficient (Wildman–Crippen LogP) is 0.811. The van der Waals surface area contributed by atoms with Gasteiger partial charge in [-0.3, -0.25) is 14.3 Å². The lowest BCUT2D eigenvalue weighted by molar-refractivity contribution is -0.117. The summed E-state index contributed by atoms with van der Waals surface area (Å²) in [6, 6.07) is 3.57. The third-order valence-electron chi connectivity index (χ3n) is 2.87. The number of primary amides is 1. The smallest absolute Gasteiger partial charge is 0.250 e. The fraction of sp³-hybridized carbons (Fsp3) is 0.154. The normalized spacial score (nSPS) is 12.0. The van der Waals surface area contributed by atoms with Crippen LogP contribution in [0.15, 0.2) is 30.6 Å². The van der Waals surface area contributed by atoms with Crippen molar-refractivity contribution < 1.29 is 9.59 Å². The minimum Gasteiger partial charge on any atom is -0.366 e. The van der Waals surface area contributed by atoms with Crippen LogP contribution in [0.25, 0.3) is 0 Å². The summed E-state index contributed by atoms with van der Waals surface area (Å²) in [5.74, 6) is -1.10. The van der Waals surface area contributed by atoms with E-state index in [-0.39, 0.29) is 10.6 Å². The first-order chi connectivity index (χ1) is 9.88. The van der Waals surface area contributed by atoms with E-state index < -0.39 is 17.9 Å². The number of aryl methyl sites for hydroxylation is 1. The van der Waals surface area contributed by atoms with Crippen molar-refractivity contribution in [3.05, 3.63) is 46.7 Å². The van der Waals surface area contributed by atoms with E-state index in [0.29, 0.717) is 11.3 Å². The summed E-state index contributed by atoms with van der Waals surface area (Å²) in [4.78, 5) is 23.3. The Labute approximate surface area is 125 Å². The van der Waals surface area contributed by atoms with Gasteiger partial charge in [0, 0.05) is 24.5 Å². The average Bonchev–Trinajstić information content (AvgIpc) is 2.86. The highest BCUT2D eigenvalue weighted by Gasteiger charge is 2.18. The van der Waals surface area contributed by atoms with Gasteiger partial charge in [-0.1, -0.05) is 11.6 Å². The van der Waals surface area contributed by atoms with E-state index in [0.717, 1.165) is 0 Å². The van der Waals surface area contributed by atoms with E-state index in [9.17, 15) is 9.59 Å². The fourth-order valence-electron chi connectivity index (χ4n) is 1.76. The number of amides is 2. The molecule has 1 atom stereocenters. The van der Waals surface area contributed by atoms with E-state index in [1.165, 1.54) is 18.3 Å². The third-order valence-corrected chi connectivity index (χ3v) is 3.20. The minimum atomic E-state index is -0.869. The zero-order valence-electron chi connectivity index (χ0n) is 11.2. The molecule has 0 radical (unpaired) electrons. The molecule has 7 nitrogen and oxygen atoms in total. The molecule has 1 aromatic carbocycles. The first-order valence-corrected chi connectivity index (χ1v) is 6.40. The molecule has 1 aromatic heterocycles. The number of hydrogen-bond acceptors (Lipinski definition) is 4.